The van der Waals surface area contributed by atoms with E-state index in [2.05, 4.69) is 65.4 Å². The van der Waals surface area contributed by atoms with Gasteiger partial charge in [-0.05, 0) is 151 Å². The summed E-state index contributed by atoms with van der Waals surface area (Å²) in [5.41, 5.74) is 1.45. The standard InChI is InChI=1S/C104H146N8O24/c1-9-17-25-57-129-81(113)41-33-65-121-73-49-50-74(122-66-34-42-82(114)130-58-26-18-10-2)90-89(73)97-105-98(90)110-100-93-77(125-69-37-45-85(117)133-61-29-21-13-5)53-54-78(126-70-38-46-86(118)134-62-30-22-14-6)94(93)102(107-100)112-104-96-80(128-72-40-48-88(120)136-64-32-24-16-8)56-55-79(127-71-39-47-87(119)135-63-31-23-15-7)95(96)103(108-104)111-101-92-76(124-68-36-44-84(116)132-60-28-20-12-4)52-51-75(91(92)99(106-101)109-97)123-67-35-43-83(115)131-59-27-19-11-3/h49-56H,9-48,57-72H2,1-8H3,(H2,105,106,107,108,109,110,111,112). The molecule has 7 aromatic rings. The monoisotopic (exact) mass is 1890 g/mol. The van der Waals surface area contributed by atoms with Crippen molar-refractivity contribution in [2.45, 2.75) is 312 Å². The molecular formula is C104H146N8O24. The highest BCUT2D eigenvalue weighted by atomic mass is 16.6. The van der Waals surface area contributed by atoms with Crippen molar-refractivity contribution in [2.75, 3.05) is 106 Å². The van der Waals surface area contributed by atoms with Crippen molar-refractivity contribution in [3.8, 4) is 91.5 Å². The zero-order valence-corrected chi connectivity index (χ0v) is 81.7. The van der Waals surface area contributed by atoms with Gasteiger partial charge in [0.25, 0.3) is 0 Å². The second-order valence-electron chi connectivity index (χ2n) is 33.9. The van der Waals surface area contributed by atoms with Gasteiger partial charge in [-0.1, -0.05) is 158 Å². The fraction of sp³-hybridized carbons (Fsp3) is 0.615. The van der Waals surface area contributed by atoms with E-state index in [0.29, 0.717) is 21.5 Å². The minimum absolute atomic E-state index is 0.000462. The Morgan fingerprint density at radius 1 is 0.191 bits per heavy atom. The van der Waals surface area contributed by atoms with E-state index >= 15 is 0 Å². The van der Waals surface area contributed by atoms with Gasteiger partial charge in [0.05, 0.1) is 150 Å². The van der Waals surface area contributed by atoms with Crippen LogP contribution in [0.15, 0.2) is 48.5 Å². The maximum Gasteiger partial charge on any atom is 0.305 e. The number of hydrogen-bond acceptors (Lipinski definition) is 30. The molecule has 32 heteroatoms. The maximum absolute atomic E-state index is 13.4. The minimum Gasteiger partial charge on any atom is -0.493 e. The largest absolute Gasteiger partial charge is 0.493 e. The highest BCUT2D eigenvalue weighted by Crippen LogP contribution is 2.51. The molecule has 2 aliphatic heterocycles. The van der Waals surface area contributed by atoms with Crippen LogP contribution in [0, 0.1) is 0 Å². The van der Waals surface area contributed by atoms with Crippen LogP contribution in [-0.2, 0) is 76.3 Å². The molecule has 0 saturated heterocycles. The van der Waals surface area contributed by atoms with Crippen LogP contribution >= 0.6 is 0 Å². The van der Waals surface area contributed by atoms with Gasteiger partial charge in [0.2, 0.25) is 0 Å². The summed E-state index contributed by atoms with van der Waals surface area (Å²) in [5.74, 6) is -1.09. The molecule has 0 amide bonds. The van der Waals surface area contributed by atoms with Crippen LogP contribution in [0.2, 0.25) is 0 Å². The zero-order valence-electron chi connectivity index (χ0n) is 81.7. The number of fused-ring (bicyclic) bond motifs is 20. The Morgan fingerprint density at radius 3 is 0.493 bits per heavy atom. The van der Waals surface area contributed by atoms with E-state index in [-0.39, 0.29) is 370 Å². The lowest BCUT2D eigenvalue weighted by molar-refractivity contribution is -0.144. The average molecular weight is 1890 g/mol. The fourth-order valence-corrected chi connectivity index (χ4v) is 15.1. The van der Waals surface area contributed by atoms with Crippen LogP contribution in [0.3, 0.4) is 0 Å². The van der Waals surface area contributed by atoms with Crippen LogP contribution in [0.5, 0.6) is 46.0 Å². The number of carbonyl (C=O) groups excluding carboxylic acids is 8. The molecule has 0 saturated carbocycles. The predicted octanol–water partition coefficient (Wildman–Crippen LogP) is 22.0. The van der Waals surface area contributed by atoms with Crippen LogP contribution in [0.1, 0.15) is 312 Å². The van der Waals surface area contributed by atoms with Gasteiger partial charge in [0.15, 0.2) is 23.3 Å². The first kappa shape index (κ1) is 108. The summed E-state index contributed by atoms with van der Waals surface area (Å²) in [5, 5.41) is 1.21. The summed E-state index contributed by atoms with van der Waals surface area (Å²) in [6.07, 6.45) is 22.8. The van der Waals surface area contributed by atoms with Crippen LogP contribution in [0.4, 0.5) is 0 Å². The number of benzene rings is 4. The molecule has 0 fully saturated rings. The molecule has 0 atom stereocenters. The zero-order chi connectivity index (χ0) is 96.7. The Bertz CT molecular complexity index is 4480. The summed E-state index contributed by atoms with van der Waals surface area (Å²) in [4.78, 5) is 147. The van der Waals surface area contributed by atoms with E-state index in [1.165, 1.54) is 0 Å². The van der Waals surface area contributed by atoms with Gasteiger partial charge in [0.1, 0.15) is 68.6 Å². The molecule has 5 heterocycles. The molecule has 2 N–H and O–H groups in total. The fourth-order valence-electron chi connectivity index (χ4n) is 15.1. The molecule has 9 rings (SSSR count). The van der Waals surface area contributed by atoms with E-state index in [4.69, 9.17) is 106 Å². The SMILES string of the molecule is CCCCCOC(=O)CCCOc1ccc(OCCCC(=O)OCCCCC)c2c1-c1nc-2nc2[nH]c(nc3nc(nc4[nH]c(n1)c1c(OCCCC(=O)OCCCCC)ccc(OCCCC(=O)OCCCCC)c41)-c1c(OCCCC(=O)OCCCCC)ccc(OCCCC(=O)OCCCCC)c1-3)c1c(OCCCC(=O)OCCCCC)ccc(OCCCC(=O)OCCCCC)c21. The highest BCUT2D eigenvalue weighted by molar-refractivity contribution is 6.13. The normalized spacial score (nSPS) is 11.4. The van der Waals surface area contributed by atoms with Crippen molar-refractivity contribution >= 4 is 91.9 Å². The third-order valence-electron chi connectivity index (χ3n) is 22.5. The lowest BCUT2D eigenvalue weighted by Gasteiger charge is -2.15. The van der Waals surface area contributed by atoms with Crippen molar-refractivity contribution in [2.24, 2.45) is 0 Å². The van der Waals surface area contributed by atoms with Crippen molar-refractivity contribution in [1.82, 2.24) is 39.9 Å². The second kappa shape index (κ2) is 62.2. The van der Waals surface area contributed by atoms with Gasteiger partial charge >= 0.3 is 47.8 Å². The molecule has 746 valence electrons. The molecule has 2 aliphatic rings. The average Bonchev–Trinajstić information content (AvgIpc) is 1.57. The van der Waals surface area contributed by atoms with E-state index in [0.717, 1.165) is 154 Å². The molecule has 136 heavy (non-hydrogen) atoms. The first-order valence-electron chi connectivity index (χ1n) is 50.3. The first-order valence-corrected chi connectivity index (χ1v) is 50.3. The number of carbonyl (C=O) groups is 8. The number of H-pyrrole nitrogens is 2. The minimum atomic E-state index is -0.383. The number of hydrogen-bond donors (Lipinski definition) is 2. The quantitative estimate of drug-likeness (QED) is 0.0203. The van der Waals surface area contributed by atoms with Gasteiger partial charge in [-0.2, -0.15) is 0 Å². The Labute approximate surface area is 799 Å². The third kappa shape index (κ3) is 35.8. The van der Waals surface area contributed by atoms with Crippen LogP contribution in [0.25, 0.3) is 89.7 Å². The maximum atomic E-state index is 13.4. The van der Waals surface area contributed by atoms with E-state index in [9.17, 15) is 38.4 Å². The van der Waals surface area contributed by atoms with Crippen molar-refractivity contribution in [3.63, 3.8) is 0 Å². The van der Waals surface area contributed by atoms with Gasteiger partial charge in [-0.3, -0.25) is 38.4 Å². The van der Waals surface area contributed by atoms with Gasteiger partial charge in [-0.15, -0.1) is 0 Å². The summed E-state index contributed by atoms with van der Waals surface area (Å²) in [6, 6.07) is 13.8. The summed E-state index contributed by atoms with van der Waals surface area (Å²) in [7, 11) is 0. The van der Waals surface area contributed by atoms with Crippen LogP contribution < -0.4 is 37.9 Å². The molecule has 0 radical (unpaired) electrons. The van der Waals surface area contributed by atoms with Crippen molar-refractivity contribution in [1.29, 1.82) is 0 Å². The molecule has 32 nitrogen and oxygen atoms in total. The number of aromatic nitrogens is 8. The predicted molar refractivity (Wildman–Crippen MR) is 518 cm³/mol. The van der Waals surface area contributed by atoms with E-state index in [1.807, 2.05) is 0 Å². The second-order valence-corrected chi connectivity index (χ2v) is 33.9. The lowest BCUT2D eigenvalue weighted by atomic mass is 10.1. The number of nitrogens with one attached hydrogen (secondary N) is 2. The number of esters is 8. The molecule has 8 bridgehead atoms. The molecule has 0 aliphatic carbocycles. The molecule has 0 spiro atoms. The number of ether oxygens (including phenoxy) is 16. The molecule has 0 unspecified atom stereocenters. The summed E-state index contributed by atoms with van der Waals surface area (Å²) in [6.45, 7) is 18.9. The number of aromatic amines is 2. The Morgan fingerprint density at radius 2 is 0.338 bits per heavy atom. The van der Waals surface area contributed by atoms with Gasteiger partial charge < -0.3 is 85.8 Å². The number of unbranched alkanes of at least 4 members (excludes halogenated alkanes) is 16. The third-order valence-corrected chi connectivity index (χ3v) is 22.5. The molecular weight excluding hydrogens is 1750 g/mol. The van der Waals surface area contributed by atoms with Gasteiger partial charge in [-0.25, -0.2) is 29.9 Å². The van der Waals surface area contributed by atoms with Crippen molar-refractivity contribution in [3.05, 3.63) is 48.5 Å². The Kier molecular flexibility index (Phi) is 49.4. The lowest BCUT2D eigenvalue weighted by Crippen LogP contribution is -2.09. The number of rotatable bonds is 72. The first-order chi connectivity index (χ1) is 66.5. The summed E-state index contributed by atoms with van der Waals surface area (Å²) >= 11 is 0. The highest BCUT2D eigenvalue weighted by Gasteiger charge is 2.34. The smallest absolute Gasteiger partial charge is 0.305 e. The van der Waals surface area contributed by atoms with Crippen molar-refractivity contribution < 1.29 is 114 Å². The summed E-state index contributed by atoms with van der Waals surface area (Å²) < 4.78 is 100. The molecule has 3 aromatic heterocycles. The van der Waals surface area contributed by atoms with E-state index < -0.39 is 0 Å². The number of nitrogens with zero attached hydrogens (tertiary/aromatic N) is 6. The Hall–Kier alpha value is -11.6. The topological polar surface area (TPSA) is 393 Å². The van der Waals surface area contributed by atoms with Crippen LogP contribution in [-0.4, -0.2) is 193 Å². The van der Waals surface area contributed by atoms with Gasteiger partial charge in [0, 0.05) is 51.4 Å². The molecule has 4 aromatic carbocycles. The van der Waals surface area contributed by atoms with E-state index in [1.54, 1.807) is 48.5 Å². The Balaban J connectivity index is 1.40.